The first-order valence-corrected chi connectivity index (χ1v) is 12.5. The normalized spacial score (nSPS) is 15.8. The summed E-state index contributed by atoms with van der Waals surface area (Å²) in [6.07, 6.45) is 6.20. The van der Waals surface area contributed by atoms with Gasteiger partial charge in [-0.15, -0.1) is 0 Å². The molecule has 1 N–H and O–H groups in total. The highest BCUT2D eigenvalue weighted by molar-refractivity contribution is 7.89. The van der Waals surface area contributed by atoms with E-state index in [1.807, 2.05) is 41.9 Å². The Morgan fingerprint density at radius 1 is 1.19 bits per heavy atom. The Labute approximate surface area is 189 Å². The Morgan fingerprint density at radius 3 is 2.66 bits per heavy atom. The highest BCUT2D eigenvalue weighted by Gasteiger charge is 2.30. The molecule has 4 rings (SSSR count). The van der Waals surface area contributed by atoms with Gasteiger partial charge in [-0.05, 0) is 68.0 Å². The van der Waals surface area contributed by atoms with Crippen LogP contribution in [0.1, 0.15) is 46.9 Å². The monoisotopic (exact) mass is 454 g/mol. The van der Waals surface area contributed by atoms with E-state index >= 15 is 0 Å². The molecule has 1 aliphatic rings. The number of amides is 1. The van der Waals surface area contributed by atoms with Crippen LogP contribution in [0.25, 0.3) is 5.65 Å². The summed E-state index contributed by atoms with van der Waals surface area (Å²) in [5.74, 6) is 0.259. The van der Waals surface area contributed by atoms with Crippen molar-refractivity contribution in [1.29, 1.82) is 0 Å². The third-order valence-corrected chi connectivity index (χ3v) is 8.35. The average molecular weight is 455 g/mol. The van der Waals surface area contributed by atoms with E-state index in [-0.39, 0.29) is 10.8 Å². The maximum atomic E-state index is 13.3. The van der Waals surface area contributed by atoms with E-state index < -0.39 is 10.0 Å². The van der Waals surface area contributed by atoms with Crippen LogP contribution in [0.3, 0.4) is 0 Å². The third kappa shape index (κ3) is 4.56. The van der Waals surface area contributed by atoms with E-state index in [1.54, 1.807) is 17.3 Å². The first kappa shape index (κ1) is 22.5. The second-order valence-corrected chi connectivity index (χ2v) is 10.6. The number of aryl methyl sites for hydroxylation is 1. The minimum absolute atomic E-state index is 0.234. The molecule has 1 fully saturated rings. The van der Waals surface area contributed by atoms with Crippen molar-refractivity contribution < 1.29 is 13.2 Å². The molecule has 170 valence electrons. The molecule has 1 aliphatic heterocycles. The van der Waals surface area contributed by atoms with Crippen LogP contribution in [-0.2, 0) is 16.4 Å². The Kier molecular flexibility index (Phi) is 6.35. The van der Waals surface area contributed by atoms with Crippen LogP contribution in [0, 0.1) is 19.8 Å². The van der Waals surface area contributed by atoms with E-state index in [0.717, 1.165) is 29.7 Å². The first-order valence-electron chi connectivity index (χ1n) is 11.1. The maximum absolute atomic E-state index is 13.3. The van der Waals surface area contributed by atoms with Gasteiger partial charge in [-0.1, -0.05) is 13.0 Å². The van der Waals surface area contributed by atoms with Gasteiger partial charge < -0.3 is 9.72 Å². The van der Waals surface area contributed by atoms with Gasteiger partial charge in [-0.25, -0.2) is 13.4 Å². The fourth-order valence-electron chi connectivity index (χ4n) is 4.10. The second-order valence-electron chi connectivity index (χ2n) is 8.71. The number of rotatable bonds is 6. The molecule has 3 heterocycles. The van der Waals surface area contributed by atoms with Crippen molar-refractivity contribution in [2.45, 2.75) is 44.9 Å². The number of imidazole rings is 1. The predicted molar refractivity (Wildman–Crippen MR) is 124 cm³/mol. The standard InChI is InChI=1S/C24H30N4O3S/c1-17-8-12-28(13-9-17)32(30,31)22-15-20(14-18(2)19(22)3)24(29)25-10-7-21-16-27-11-5-4-6-23(27)26-21/h4-6,11,14-17H,7-10,12-13H2,1-3H3,(H,25,29). The van der Waals surface area contributed by atoms with Gasteiger partial charge in [0, 0.05) is 44.0 Å². The number of sulfonamides is 1. The van der Waals surface area contributed by atoms with Crippen LogP contribution in [0.5, 0.6) is 0 Å². The molecular formula is C24H30N4O3S. The van der Waals surface area contributed by atoms with Gasteiger partial charge in [-0.2, -0.15) is 4.31 Å². The summed E-state index contributed by atoms with van der Waals surface area (Å²) < 4.78 is 30.1. The number of aromatic nitrogens is 2. The summed E-state index contributed by atoms with van der Waals surface area (Å²) >= 11 is 0. The lowest BCUT2D eigenvalue weighted by Gasteiger charge is -2.30. The number of carbonyl (C=O) groups is 1. The lowest BCUT2D eigenvalue weighted by molar-refractivity contribution is 0.0953. The van der Waals surface area contributed by atoms with Crippen LogP contribution in [0.15, 0.2) is 47.6 Å². The largest absolute Gasteiger partial charge is 0.352 e. The third-order valence-electron chi connectivity index (χ3n) is 6.32. The molecule has 0 radical (unpaired) electrons. The molecule has 0 aliphatic carbocycles. The molecule has 7 nitrogen and oxygen atoms in total. The van der Waals surface area contributed by atoms with Crippen LogP contribution < -0.4 is 5.32 Å². The van der Waals surface area contributed by atoms with Crippen molar-refractivity contribution in [1.82, 2.24) is 19.0 Å². The highest BCUT2D eigenvalue weighted by Crippen LogP contribution is 2.28. The number of nitrogens with zero attached hydrogens (tertiary/aromatic N) is 3. The second kappa shape index (κ2) is 9.03. The summed E-state index contributed by atoms with van der Waals surface area (Å²) in [5, 5.41) is 2.91. The lowest BCUT2D eigenvalue weighted by Crippen LogP contribution is -2.38. The number of nitrogens with one attached hydrogen (secondary N) is 1. The SMILES string of the molecule is Cc1cc(C(=O)NCCc2cn3ccccc3n2)cc(S(=O)(=O)N2CCC(C)CC2)c1C. The number of piperidine rings is 1. The molecule has 0 atom stereocenters. The molecular weight excluding hydrogens is 424 g/mol. The van der Waals surface area contributed by atoms with Gasteiger partial charge in [-0.3, -0.25) is 4.79 Å². The molecule has 1 aromatic carbocycles. The molecule has 1 amide bonds. The van der Waals surface area contributed by atoms with Gasteiger partial charge in [0.05, 0.1) is 10.6 Å². The number of hydrogen-bond acceptors (Lipinski definition) is 4. The summed E-state index contributed by atoms with van der Waals surface area (Å²) in [6, 6.07) is 9.09. The minimum atomic E-state index is -3.63. The minimum Gasteiger partial charge on any atom is -0.352 e. The molecule has 8 heteroatoms. The van der Waals surface area contributed by atoms with Gasteiger partial charge in [0.15, 0.2) is 0 Å². The summed E-state index contributed by atoms with van der Waals surface area (Å²) in [5.41, 5.74) is 3.61. The van der Waals surface area contributed by atoms with E-state index in [1.165, 1.54) is 6.07 Å². The Hall–Kier alpha value is -2.71. The van der Waals surface area contributed by atoms with E-state index in [9.17, 15) is 13.2 Å². The molecule has 2 aromatic heterocycles. The summed E-state index contributed by atoms with van der Waals surface area (Å²) in [7, 11) is -3.63. The molecule has 0 bridgehead atoms. The van der Waals surface area contributed by atoms with Crippen molar-refractivity contribution in [2.24, 2.45) is 5.92 Å². The molecule has 32 heavy (non-hydrogen) atoms. The molecule has 0 spiro atoms. The zero-order valence-electron chi connectivity index (χ0n) is 18.8. The molecule has 3 aromatic rings. The maximum Gasteiger partial charge on any atom is 0.251 e. The quantitative estimate of drug-likeness (QED) is 0.619. The number of fused-ring (bicyclic) bond motifs is 1. The first-order chi connectivity index (χ1) is 15.3. The Bertz CT molecular complexity index is 1210. The number of hydrogen-bond donors (Lipinski definition) is 1. The van der Waals surface area contributed by atoms with Crippen LogP contribution >= 0.6 is 0 Å². The smallest absolute Gasteiger partial charge is 0.251 e. The Balaban J connectivity index is 1.48. The van der Waals surface area contributed by atoms with Gasteiger partial charge in [0.2, 0.25) is 10.0 Å². The molecule has 1 saturated heterocycles. The topological polar surface area (TPSA) is 83.8 Å². The fourth-order valence-corrected chi connectivity index (χ4v) is 5.90. The Morgan fingerprint density at radius 2 is 1.94 bits per heavy atom. The van der Waals surface area contributed by atoms with E-state index in [0.29, 0.717) is 43.1 Å². The van der Waals surface area contributed by atoms with Crippen LogP contribution in [0.4, 0.5) is 0 Å². The van der Waals surface area contributed by atoms with Crippen LogP contribution in [0.2, 0.25) is 0 Å². The fraction of sp³-hybridized carbons (Fsp3) is 0.417. The van der Waals surface area contributed by atoms with E-state index in [4.69, 9.17) is 0 Å². The molecule has 0 unspecified atom stereocenters. The van der Waals surface area contributed by atoms with Crippen molar-refractivity contribution >= 4 is 21.6 Å². The lowest BCUT2D eigenvalue weighted by atomic mass is 10.0. The predicted octanol–water partition coefficient (Wildman–Crippen LogP) is 3.34. The number of pyridine rings is 1. The van der Waals surface area contributed by atoms with Gasteiger partial charge in [0.25, 0.3) is 5.91 Å². The van der Waals surface area contributed by atoms with Crippen molar-refractivity contribution in [3.63, 3.8) is 0 Å². The molecule has 0 saturated carbocycles. The van der Waals surface area contributed by atoms with Crippen molar-refractivity contribution in [3.05, 3.63) is 65.1 Å². The van der Waals surface area contributed by atoms with Gasteiger partial charge in [0.1, 0.15) is 5.65 Å². The highest BCUT2D eigenvalue weighted by atomic mass is 32.2. The number of carbonyl (C=O) groups excluding carboxylic acids is 1. The summed E-state index contributed by atoms with van der Waals surface area (Å²) in [6.45, 7) is 7.27. The van der Waals surface area contributed by atoms with Crippen molar-refractivity contribution in [3.8, 4) is 0 Å². The van der Waals surface area contributed by atoms with Crippen molar-refractivity contribution in [2.75, 3.05) is 19.6 Å². The van der Waals surface area contributed by atoms with E-state index in [2.05, 4.69) is 17.2 Å². The average Bonchev–Trinajstić information content (AvgIpc) is 3.18. The number of benzene rings is 1. The zero-order valence-corrected chi connectivity index (χ0v) is 19.7. The van der Waals surface area contributed by atoms with Crippen LogP contribution in [-0.4, -0.2) is 47.6 Å². The van der Waals surface area contributed by atoms with Gasteiger partial charge >= 0.3 is 0 Å². The summed E-state index contributed by atoms with van der Waals surface area (Å²) in [4.78, 5) is 17.6. The zero-order chi connectivity index (χ0) is 22.9.